The van der Waals surface area contributed by atoms with Crippen molar-refractivity contribution in [1.29, 1.82) is 0 Å². The van der Waals surface area contributed by atoms with Crippen LogP contribution in [0, 0.1) is 12.7 Å². The molecule has 3 nitrogen and oxygen atoms in total. The molecule has 0 saturated heterocycles. The number of halogens is 1. The molecule has 4 heteroatoms. The van der Waals surface area contributed by atoms with E-state index in [2.05, 4.69) is 77.7 Å². The zero-order valence-electron chi connectivity index (χ0n) is 15.2. The van der Waals surface area contributed by atoms with Crippen molar-refractivity contribution < 1.29 is 4.39 Å². The van der Waals surface area contributed by atoms with Gasteiger partial charge in [0.15, 0.2) is 0 Å². The van der Waals surface area contributed by atoms with Gasteiger partial charge in [0.1, 0.15) is 5.82 Å². The number of rotatable bonds is 7. The van der Waals surface area contributed by atoms with Crippen molar-refractivity contribution in [1.82, 2.24) is 4.98 Å². The summed E-state index contributed by atoms with van der Waals surface area (Å²) in [5.74, 6) is -0.231. The smallest absolute Gasteiger partial charge is 0.144 e. The van der Waals surface area contributed by atoms with Crippen molar-refractivity contribution in [3.05, 3.63) is 89.5 Å². The second-order valence-corrected chi connectivity index (χ2v) is 6.45. The summed E-state index contributed by atoms with van der Waals surface area (Å²) in [4.78, 5) is 6.29. The van der Waals surface area contributed by atoms with Gasteiger partial charge in [-0.05, 0) is 61.2 Å². The molecule has 0 fully saturated rings. The summed E-state index contributed by atoms with van der Waals surface area (Å²) >= 11 is 0. The third-order valence-electron chi connectivity index (χ3n) is 4.49. The predicted molar refractivity (Wildman–Crippen MR) is 106 cm³/mol. The Morgan fingerprint density at radius 3 is 2.46 bits per heavy atom. The molecular weight excluding hydrogens is 325 g/mol. The summed E-state index contributed by atoms with van der Waals surface area (Å²) in [5, 5.41) is 3.43. The van der Waals surface area contributed by atoms with Gasteiger partial charge in [-0.25, -0.2) is 4.39 Å². The highest BCUT2D eigenvalue weighted by Crippen LogP contribution is 2.18. The van der Waals surface area contributed by atoms with Crippen LogP contribution in [0.4, 0.5) is 15.8 Å². The maximum atomic E-state index is 13.6. The molecule has 0 aliphatic rings. The number of pyridine rings is 1. The zero-order valence-corrected chi connectivity index (χ0v) is 15.2. The summed E-state index contributed by atoms with van der Waals surface area (Å²) < 4.78 is 13.6. The summed E-state index contributed by atoms with van der Waals surface area (Å²) in [6.45, 7) is 2.84. The molecule has 1 aromatic heterocycles. The van der Waals surface area contributed by atoms with E-state index in [9.17, 15) is 4.39 Å². The highest BCUT2D eigenvalue weighted by Gasteiger charge is 2.05. The van der Waals surface area contributed by atoms with Crippen LogP contribution in [0.15, 0.2) is 66.9 Å². The molecule has 0 bridgehead atoms. The van der Waals surface area contributed by atoms with Gasteiger partial charge < -0.3 is 10.2 Å². The lowest BCUT2D eigenvalue weighted by Gasteiger charge is -2.22. The minimum absolute atomic E-state index is 0.231. The fourth-order valence-electron chi connectivity index (χ4n) is 2.94. The van der Waals surface area contributed by atoms with Crippen molar-refractivity contribution in [3.8, 4) is 0 Å². The molecule has 0 unspecified atom stereocenters. The minimum Gasteiger partial charge on any atom is -0.368 e. The largest absolute Gasteiger partial charge is 0.368 e. The number of hydrogen-bond donors (Lipinski definition) is 1. The fourth-order valence-corrected chi connectivity index (χ4v) is 2.94. The van der Waals surface area contributed by atoms with Crippen LogP contribution < -0.4 is 10.2 Å². The van der Waals surface area contributed by atoms with Crippen LogP contribution in [-0.2, 0) is 12.8 Å². The van der Waals surface area contributed by atoms with Crippen LogP contribution in [0.1, 0.15) is 16.8 Å². The topological polar surface area (TPSA) is 28.2 Å². The lowest BCUT2D eigenvalue weighted by Crippen LogP contribution is -2.25. The Kier molecular flexibility index (Phi) is 5.84. The quantitative estimate of drug-likeness (QED) is 0.620. The van der Waals surface area contributed by atoms with Gasteiger partial charge >= 0.3 is 0 Å². The highest BCUT2D eigenvalue weighted by molar-refractivity contribution is 5.54. The van der Waals surface area contributed by atoms with Crippen LogP contribution in [0.25, 0.3) is 0 Å². The first-order valence-corrected chi connectivity index (χ1v) is 8.82. The molecule has 26 heavy (non-hydrogen) atoms. The van der Waals surface area contributed by atoms with Crippen LogP contribution in [0.5, 0.6) is 0 Å². The second kappa shape index (κ2) is 8.48. The molecule has 1 N–H and O–H groups in total. The molecule has 0 saturated carbocycles. The van der Waals surface area contributed by atoms with Crippen molar-refractivity contribution in [2.75, 3.05) is 23.9 Å². The number of benzene rings is 2. The molecule has 0 aliphatic carbocycles. The standard InChI is InChI=1S/C22H24FN3/c1-17-6-3-4-8-22(17)26(2)16-25-19-12-9-18(10-13-19)11-14-21-20(23)7-5-15-24-21/h3-10,12-13,15,25H,11,14,16H2,1-2H3. The summed E-state index contributed by atoms with van der Waals surface area (Å²) in [6.07, 6.45) is 3.02. The SMILES string of the molecule is Cc1ccccc1N(C)CNc1ccc(CCc2ncccc2F)cc1. The molecule has 0 amide bonds. The monoisotopic (exact) mass is 349 g/mol. The third kappa shape index (κ3) is 4.60. The Morgan fingerprint density at radius 1 is 0.962 bits per heavy atom. The van der Waals surface area contributed by atoms with Crippen LogP contribution in [0.2, 0.25) is 0 Å². The van der Waals surface area contributed by atoms with E-state index in [0.29, 0.717) is 12.1 Å². The van der Waals surface area contributed by atoms with Crippen LogP contribution in [0.3, 0.4) is 0 Å². The van der Waals surface area contributed by atoms with E-state index in [-0.39, 0.29) is 5.82 Å². The highest BCUT2D eigenvalue weighted by atomic mass is 19.1. The van der Waals surface area contributed by atoms with Gasteiger partial charge in [0.05, 0.1) is 12.4 Å². The Bertz CT molecular complexity index is 846. The summed E-state index contributed by atoms with van der Waals surface area (Å²) in [5.41, 5.74) is 5.24. The predicted octanol–water partition coefficient (Wildman–Crippen LogP) is 4.82. The molecular formula is C22H24FN3. The van der Waals surface area contributed by atoms with Crippen LogP contribution >= 0.6 is 0 Å². The molecule has 0 aliphatic heterocycles. The lowest BCUT2D eigenvalue weighted by molar-refractivity contribution is 0.597. The fraction of sp³-hybridized carbons (Fsp3) is 0.227. The molecule has 0 atom stereocenters. The number of hydrogen-bond acceptors (Lipinski definition) is 3. The van der Waals surface area contributed by atoms with E-state index < -0.39 is 0 Å². The van der Waals surface area contributed by atoms with Crippen molar-refractivity contribution in [2.24, 2.45) is 0 Å². The Balaban J connectivity index is 1.53. The molecule has 1 heterocycles. The van der Waals surface area contributed by atoms with E-state index >= 15 is 0 Å². The normalized spacial score (nSPS) is 10.6. The maximum Gasteiger partial charge on any atom is 0.144 e. The molecule has 134 valence electrons. The zero-order chi connectivity index (χ0) is 18.4. The van der Waals surface area contributed by atoms with Gasteiger partial charge in [0.2, 0.25) is 0 Å². The molecule has 0 spiro atoms. The van der Waals surface area contributed by atoms with Gasteiger partial charge in [-0.3, -0.25) is 4.98 Å². The summed E-state index contributed by atoms with van der Waals surface area (Å²) in [6, 6.07) is 19.7. The molecule has 3 rings (SSSR count). The van der Waals surface area contributed by atoms with Crippen LogP contribution in [-0.4, -0.2) is 18.7 Å². The maximum absolute atomic E-state index is 13.6. The number of aromatic nitrogens is 1. The van der Waals surface area contributed by atoms with E-state index in [1.165, 1.54) is 22.9 Å². The van der Waals surface area contributed by atoms with Gasteiger partial charge in [0.25, 0.3) is 0 Å². The lowest BCUT2D eigenvalue weighted by atomic mass is 10.1. The Morgan fingerprint density at radius 2 is 1.73 bits per heavy atom. The van der Waals surface area contributed by atoms with Gasteiger partial charge in [0, 0.05) is 24.6 Å². The van der Waals surface area contributed by atoms with Gasteiger partial charge in [-0.15, -0.1) is 0 Å². The van der Waals surface area contributed by atoms with Gasteiger partial charge in [-0.1, -0.05) is 30.3 Å². The molecule has 2 aromatic carbocycles. The molecule has 0 radical (unpaired) electrons. The number of nitrogens with zero attached hydrogens (tertiary/aromatic N) is 2. The second-order valence-electron chi connectivity index (χ2n) is 6.45. The third-order valence-corrected chi connectivity index (χ3v) is 4.49. The Labute approximate surface area is 154 Å². The van der Waals surface area contributed by atoms with E-state index in [1.54, 1.807) is 12.3 Å². The van der Waals surface area contributed by atoms with E-state index in [0.717, 1.165) is 18.8 Å². The Hall–Kier alpha value is -2.88. The average Bonchev–Trinajstić information content (AvgIpc) is 2.67. The number of nitrogens with one attached hydrogen (secondary N) is 1. The van der Waals surface area contributed by atoms with Crippen molar-refractivity contribution in [3.63, 3.8) is 0 Å². The average molecular weight is 349 g/mol. The van der Waals surface area contributed by atoms with Crippen molar-refractivity contribution >= 4 is 11.4 Å². The van der Waals surface area contributed by atoms with E-state index in [4.69, 9.17) is 0 Å². The first kappa shape index (κ1) is 17.9. The van der Waals surface area contributed by atoms with E-state index in [1.807, 2.05) is 0 Å². The minimum atomic E-state index is -0.231. The number of aryl methyl sites for hydroxylation is 3. The number of anilines is 2. The number of para-hydroxylation sites is 1. The molecule has 3 aromatic rings. The summed E-state index contributed by atoms with van der Waals surface area (Å²) in [7, 11) is 2.07. The van der Waals surface area contributed by atoms with Crippen molar-refractivity contribution in [2.45, 2.75) is 19.8 Å². The van der Waals surface area contributed by atoms with Gasteiger partial charge in [-0.2, -0.15) is 0 Å². The first-order chi connectivity index (χ1) is 12.6. The first-order valence-electron chi connectivity index (χ1n) is 8.82.